The standard InChI is InChI=1S/C13H14FN3O3/c14-10-5-3-9(4-6-10)13-16-11(17-20-13)8-15-7-1-2-12(18)19/h3-6,15H,1-2,7-8H2,(H,18,19). The summed E-state index contributed by atoms with van der Waals surface area (Å²) in [5.41, 5.74) is 0.649. The molecule has 2 N–H and O–H groups in total. The van der Waals surface area contributed by atoms with Crippen LogP contribution in [0.4, 0.5) is 4.39 Å². The average Bonchev–Trinajstić information content (AvgIpc) is 2.87. The van der Waals surface area contributed by atoms with E-state index in [9.17, 15) is 9.18 Å². The van der Waals surface area contributed by atoms with Gasteiger partial charge in [-0.1, -0.05) is 5.16 Å². The fourth-order valence-corrected chi connectivity index (χ4v) is 1.60. The SMILES string of the molecule is O=C(O)CCCNCc1noc(-c2ccc(F)cc2)n1. The van der Waals surface area contributed by atoms with Crippen LogP contribution in [0.25, 0.3) is 11.5 Å². The third-order valence-corrected chi connectivity index (χ3v) is 2.59. The number of hydrogen-bond acceptors (Lipinski definition) is 5. The van der Waals surface area contributed by atoms with Gasteiger partial charge in [-0.3, -0.25) is 4.79 Å². The van der Waals surface area contributed by atoms with Gasteiger partial charge in [-0.05, 0) is 37.2 Å². The number of carboxylic acids is 1. The first-order chi connectivity index (χ1) is 9.65. The number of aliphatic carboxylic acids is 1. The second kappa shape index (κ2) is 6.76. The van der Waals surface area contributed by atoms with Gasteiger partial charge in [0.1, 0.15) is 5.82 Å². The largest absolute Gasteiger partial charge is 0.481 e. The number of rotatable bonds is 7. The molecule has 0 unspecified atom stereocenters. The van der Waals surface area contributed by atoms with E-state index in [0.29, 0.717) is 36.8 Å². The third kappa shape index (κ3) is 4.13. The Hall–Kier alpha value is -2.28. The summed E-state index contributed by atoms with van der Waals surface area (Å²) in [6.07, 6.45) is 0.665. The second-order valence-electron chi connectivity index (χ2n) is 4.20. The molecule has 106 valence electrons. The Bertz CT molecular complexity index is 568. The lowest BCUT2D eigenvalue weighted by molar-refractivity contribution is -0.137. The minimum Gasteiger partial charge on any atom is -0.481 e. The fourth-order valence-electron chi connectivity index (χ4n) is 1.60. The number of carbonyl (C=O) groups is 1. The van der Waals surface area contributed by atoms with Crippen LogP contribution >= 0.6 is 0 Å². The molecular formula is C13H14FN3O3. The molecule has 20 heavy (non-hydrogen) atoms. The van der Waals surface area contributed by atoms with Gasteiger partial charge >= 0.3 is 5.97 Å². The molecule has 0 fully saturated rings. The van der Waals surface area contributed by atoms with Crippen molar-refractivity contribution in [3.05, 3.63) is 35.9 Å². The van der Waals surface area contributed by atoms with Crippen LogP contribution < -0.4 is 5.32 Å². The summed E-state index contributed by atoms with van der Waals surface area (Å²) in [5.74, 6) is -0.342. The third-order valence-electron chi connectivity index (χ3n) is 2.59. The summed E-state index contributed by atoms with van der Waals surface area (Å²) < 4.78 is 17.9. The van der Waals surface area contributed by atoms with Gasteiger partial charge in [0, 0.05) is 12.0 Å². The maximum Gasteiger partial charge on any atom is 0.303 e. The van der Waals surface area contributed by atoms with Crippen LogP contribution in [-0.4, -0.2) is 27.8 Å². The highest BCUT2D eigenvalue weighted by atomic mass is 19.1. The monoisotopic (exact) mass is 279 g/mol. The summed E-state index contributed by atoms with van der Waals surface area (Å²) >= 11 is 0. The number of benzene rings is 1. The Morgan fingerprint density at radius 1 is 1.35 bits per heavy atom. The molecule has 2 aromatic rings. The average molecular weight is 279 g/mol. The van der Waals surface area contributed by atoms with Crippen molar-refractivity contribution in [2.45, 2.75) is 19.4 Å². The topological polar surface area (TPSA) is 88.2 Å². The van der Waals surface area contributed by atoms with Gasteiger partial charge in [0.2, 0.25) is 0 Å². The first-order valence-electron chi connectivity index (χ1n) is 6.16. The minimum absolute atomic E-state index is 0.125. The zero-order valence-electron chi connectivity index (χ0n) is 10.7. The predicted octanol–water partition coefficient (Wildman–Crippen LogP) is 1.83. The van der Waals surface area contributed by atoms with Crippen molar-refractivity contribution in [1.82, 2.24) is 15.5 Å². The van der Waals surface area contributed by atoms with E-state index in [1.165, 1.54) is 12.1 Å². The van der Waals surface area contributed by atoms with E-state index in [1.54, 1.807) is 12.1 Å². The molecular weight excluding hydrogens is 265 g/mol. The maximum absolute atomic E-state index is 12.8. The molecule has 0 aliphatic heterocycles. The zero-order valence-corrected chi connectivity index (χ0v) is 10.7. The molecule has 0 saturated heterocycles. The van der Waals surface area contributed by atoms with E-state index in [1.807, 2.05) is 0 Å². The van der Waals surface area contributed by atoms with Crippen molar-refractivity contribution in [3.8, 4) is 11.5 Å². The van der Waals surface area contributed by atoms with E-state index in [-0.39, 0.29) is 12.2 Å². The molecule has 0 amide bonds. The van der Waals surface area contributed by atoms with Gasteiger partial charge in [-0.15, -0.1) is 0 Å². The predicted molar refractivity (Wildman–Crippen MR) is 68.3 cm³/mol. The lowest BCUT2D eigenvalue weighted by Crippen LogP contribution is -2.16. The second-order valence-corrected chi connectivity index (χ2v) is 4.20. The van der Waals surface area contributed by atoms with Crippen LogP contribution in [0.1, 0.15) is 18.7 Å². The molecule has 0 atom stereocenters. The van der Waals surface area contributed by atoms with Crippen molar-refractivity contribution in [2.24, 2.45) is 0 Å². The van der Waals surface area contributed by atoms with E-state index >= 15 is 0 Å². The minimum atomic E-state index is -0.815. The molecule has 0 radical (unpaired) electrons. The molecule has 0 spiro atoms. The summed E-state index contributed by atoms with van der Waals surface area (Å²) in [7, 11) is 0. The van der Waals surface area contributed by atoms with Gasteiger partial charge in [0.25, 0.3) is 5.89 Å². The molecule has 1 heterocycles. The number of hydrogen-bond donors (Lipinski definition) is 2. The number of nitrogens with one attached hydrogen (secondary N) is 1. The quantitative estimate of drug-likeness (QED) is 0.752. The Balaban J connectivity index is 1.83. The lowest BCUT2D eigenvalue weighted by atomic mass is 10.2. The van der Waals surface area contributed by atoms with E-state index < -0.39 is 5.97 Å². The van der Waals surface area contributed by atoms with Crippen molar-refractivity contribution >= 4 is 5.97 Å². The first-order valence-corrected chi connectivity index (χ1v) is 6.16. The molecule has 6 nitrogen and oxygen atoms in total. The van der Waals surface area contributed by atoms with Crippen molar-refractivity contribution in [3.63, 3.8) is 0 Å². The van der Waals surface area contributed by atoms with Crippen LogP contribution in [0.5, 0.6) is 0 Å². The molecule has 7 heteroatoms. The van der Waals surface area contributed by atoms with E-state index in [4.69, 9.17) is 9.63 Å². The molecule has 2 rings (SSSR count). The Kier molecular flexibility index (Phi) is 4.78. The first kappa shape index (κ1) is 14.1. The van der Waals surface area contributed by atoms with Crippen molar-refractivity contribution in [2.75, 3.05) is 6.54 Å². The Labute approximate surface area is 114 Å². The van der Waals surface area contributed by atoms with Gasteiger partial charge in [0.05, 0.1) is 6.54 Å². The number of halogens is 1. The van der Waals surface area contributed by atoms with Crippen LogP contribution in [0, 0.1) is 5.82 Å². The molecule has 1 aromatic carbocycles. The molecule has 0 bridgehead atoms. The Morgan fingerprint density at radius 2 is 2.10 bits per heavy atom. The van der Waals surface area contributed by atoms with Crippen LogP contribution in [0.3, 0.4) is 0 Å². The summed E-state index contributed by atoms with van der Waals surface area (Å²) in [4.78, 5) is 14.5. The molecule has 0 aliphatic rings. The lowest BCUT2D eigenvalue weighted by Gasteiger charge is -1.98. The highest BCUT2D eigenvalue weighted by molar-refractivity contribution is 5.66. The van der Waals surface area contributed by atoms with E-state index in [0.717, 1.165) is 0 Å². The van der Waals surface area contributed by atoms with Gasteiger partial charge in [-0.25, -0.2) is 4.39 Å². The zero-order chi connectivity index (χ0) is 14.4. The van der Waals surface area contributed by atoms with Crippen molar-refractivity contribution < 1.29 is 18.8 Å². The van der Waals surface area contributed by atoms with Gasteiger partial charge in [-0.2, -0.15) is 4.98 Å². The number of nitrogens with zero attached hydrogens (tertiary/aromatic N) is 2. The van der Waals surface area contributed by atoms with Crippen molar-refractivity contribution in [1.29, 1.82) is 0 Å². The molecule has 0 saturated carbocycles. The van der Waals surface area contributed by atoms with Gasteiger partial charge in [0.15, 0.2) is 5.82 Å². The van der Waals surface area contributed by atoms with Crippen LogP contribution in [0.15, 0.2) is 28.8 Å². The summed E-state index contributed by atoms with van der Waals surface area (Å²) in [6.45, 7) is 0.955. The van der Waals surface area contributed by atoms with Crippen LogP contribution in [-0.2, 0) is 11.3 Å². The smallest absolute Gasteiger partial charge is 0.303 e. The normalized spacial score (nSPS) is 10.7. The summed E-state index contributed by atoms with van der Waals surface area (Å²) in [6, 6.07) is 5.77. The van der Waals surface area contributed by atoms with E-state index in [2.05, 4.69) is 15.5 Å². The summed E-state index contributed by atoms with van der Waals surface area (Å²) in [5, 5.41) is 15.3. The highest BCUT2D eigenvalue weighted by Gasteiger charge is 2.08. The maximum atomic E-state index is 12.8. The molecule has 1 aromatic heterocycles. The number of carboxylic acid groups (broad SMARTS) is 1. The Morgan fingerprint density at radius 3 is 2.80 bits per heavy atom. The highest BCUT2D eigenvalue weighted by Crippen LogP contribution is 2.17. The fraction of sp³-hybridized carbons (Fsp3) is 0.308. The van der Waals surface area contributed by atoms with Gasteiger partial charge < -0.3 is 14.9 Å². The number of aromatic nitrogens is 2. The van der Waals surface area contributed by atoms with Crippen LogP contribution in [0.2, 0.25) is 0 Å². The molecule has 0 aliphatic carbocycles.